The zero-order valence-electron chi connectivity index (χ0n) is 10.1. The molecule has 0 amide bonds. The molecule has 0 unspecified atom stereocenters. The van der Waals surface area contributed by atoms with Gasteiger partial charge in [0.2, 0.25) is 0 Å². The van der Waals surface area contributed by atoms with Crippen LogP contribution in [0.2, 0.25) is 5.02 Å². The largest absolute Gasteiger partial charge is 0.369 e. The van der Waals surface area contributed by atoms with E-state index in [0.29, 0.717) is 24.7 Å². The summed E-state index contributed by atoms with van der Waals surface area (Å²) in [6, 6.07) is 5.84. The van der Waals surface area contributed by atoms with Gasteiger partial charge in [0.1, 0.15) is 0 Å². The SMILES string of the molecule is NCCc1ccc(N2CCS(=O)(=O)CC2)cc1Cl. The van der Waals surface area contributed by atoms with Crippen LogP contribution < -0.4 is 10.6 Å². The minimum Gasteiger partial charge on any atom is -0.369 e. The molecule has 1 aliphatic heterocycles. The van der Waals surface area contributed by atoms with Crippen LogP contribution in [0.3, 0.4) is 0 Å². The molecular weight excluding hydrogens is 272 g/mol. The zero-order chi connectivity index (χ0) is 13.2. The van der Waals surface area contributed by atoms with Crippen molar-refractivity contribution in [3.63, 3.8) is 0 Å². The fourth-order valence-electron chi connectivity index (χ4n) is 2.06. The average molecular weight is 289 g/mol. The monoisotopic (exact) mass is 288 g/mol. The summed E-state index contributed by atoms with van der Waals surface area (Å²) in [6.07, 6.45) is 0.757. The Hall–Kier alpha value is -0.780. The Kier molecular flexibility index (Phi) is 4.14. The molecule has 2 rings (SSSR count). The van der Waals surface area contributed by atoms with E-state index in [1.54, 1.807) is 0 Å². The standard InChI is InChI=1S/C12H17ClN2O2S/c13-12-9-11(2-1-10(12)3-4-14)15-5-7-18(16,17)8-6-15/h1-2,9H,3-8,14H2. The van der Waals surface area contributed by atoms with Crippen molar-refractivity contribution in [2.45, 2.75) is 6.42 Å². The highest BCUT2D eigenvalue weighted by atomic mass is 35.5. The molecule has 1 heterocycles. The zero-order valence-corrected chi connectivity index (χ0v) is 11.7. The molecule has 1 saturated heterocycles. The maximum atomic E-state index is 11.4. The van der Waals surface area contributed by atoms with E-state index in [0.717, 1.165) is 17.7 Å². The van der Waals surface area contributed by atoms with Gasteiger partial charge in [-0.25, -0.2) is 8.42 Å². The molecule has 18 heavy (non-hydrogen) atoms. The van der Waals surface area contributed by atoms with Crippen LogP contribution in [0, 0.1) is 0 Å². The number of anilines is 1. The first kappa shape index (κ1) is 13.6. The van der Waals surface area contributed by atoms with Crippen molar-refractivity contribution in [3.05, 3.63) is 28.8 Å². The van der Waals surface area contributed by atoms with E-state index < -0.39 is 9.84 Å². The molecule has 2 N–H and O–H groups in total. The third-order valence-corrected chi connectivity index (χ3v) is 5.12. The van der Waals surface area contributed by atoms with Gasteiger partial charge in [-0.3, -0.25) is 0 Å². The van der Waals surface area contributed by atoms with Crippen LogP contribution in [0.15, 0.2) is 18.2 Å². The molecule has 1 aromatic rings. The highest BCUT2D eigenvalue weighted by molar-refractivity contribution is 7.91. The van der Waals surface area contributed by atoms with Gasteiger partial charge in [0.15, 0.2) is 9.84 Å². The maximum Gasteiger partial charge on any atom is 0.153 e. The Labute approximate surface area is 113 Å². The summed E-state index contributed by atoms with van der Waals surface area (Å²) in [5.41, 5.74) is 7.52. The molecule has 0 aliphatic carbocycles. The predicted octanol–water partition coefficient (Wildman–Crippen LogP) is 1.08. The fourth-order valence-corrected chi connectivity index (χ4v) is 3.53. The molecule has 0 atom stereocenters. The molecule has 0 saturated carbocycles. The van der Waals surface area contributed by atoms with Crippen LogP contribution >= 0.6 is 11.6 Å². The predicted molar refractivity (Wildman–Crippen MR) is 75.1 cm³/mol. The van der Waals surface area contributed by atoms with Gasteiger partial charge in [-0.15, -0.1) is 0 Å². The quantitative estimate of drug-likeness (QED) is 0.904. The molecule has 100 valence electrons. The molecule has 1 aliphatic rings. The first-order chi connectivity index (χ1) is 8.52. The van der Waals surface area contributed by atoms with Crippen molar-refractivity contribution >= 4 is 27.1 Å². The molecular formula is C12H17ClN2O2S. The normalized spacial score (nSPS) is 18.9. The Bertz CT molecular complexity index is 517. The Morgan fingerprint density at radius 1 is 1.28 bits per heavy atom. The van der Waals surface area contributed by atoms with E-state index >= 15 is 0 Å². The Morgan fingerprint density at radius 2 is 1.94 bits per heavy atom. The summed E-state index contributed by atoms with van der Waals surface area (Å²) >= 11 is 6.18. The second kappa shape index (κ2) is 5.47. The second-order valence-electron chi connectivity index (χ2n) is 4.45. The van der Waals surface area contributed by atoms with Crippen molar-refractivity contribution < 1.29 is 8.42 Å². The van der Waals surface area contributed by atoms with Crippen molar-refractivity contribution in [3.8, 4) is 0 Å². The fraction of sp³-hybridized carbons (Fsp3) is 0.500. The summed E-state index contributed by atoms with van der Waals surface area (Å²) in [4.78, 5) is 2.05. The smallest absolute Gasteiger partial charge is 0.153 e. The third kappa shape index (κ3) is 3.16. The number of nitrogens with two attached hydrogens (primary N) is 1. The summed E-state index contributed by atoms with van der Waals surface area (Å²) in [5.74, 6) is 0.435. The van der Waals surface area contributed by atoms with Crippen molar-refractivity contribution in [2.75, 3.05) is 36.0 Å². The number of halogens is 1. The van der Waals surface area contributed by atoms with Gasteiger partial charge in [0.05, 0.1) is 11.5 Å². The van der Waals surface area contributed by atoms with Crippen LogP contribution in [-0.2, 0) is 16.3 Å². The Morgan fingerprint density at radius 3 is 2.50 bits per heavy atom. The third-order valence-electron chi connectivity index (χ3n) is 3.16. The molecule has 1 aromatic carbocycles. The lowest BCUT2D eigenvalue weighted by atomic mass is 10.1. The van der Waals surface area contributed by atoms with Crippen molar-refractivity contribution in [1.29, 1.82) is 0 Å². The van der Waals surface area contributed by atoms with E-state index in [2.05, 4.69) is 4.90 Å². The molecule has 6 heteroatoms. The van der Waals surface area contributed by atoms with Crippen LogP contribution in [0.5, 0.6) is 0 Å². The van der Waals surface area contributed by atoms with Gasteiger partial charge < -0.3 is 10.6 Å². The van der Waals surface area contributed by atoms with E-state index in [1.807, 2.05) is 18.2 Å². The van der Waals surface area contributed by atoms with Gasteiger partial charge in [-0.2, -0.15) is 0 Å². The van der Waals surface area contributed by atoms with E-state index in [4.69, 9.17) is 17.3 Å². The Balaban J connectivity index is 2.13. The average Bonchev–Trinajstić information content (AvgIpc) is 2.32. The highest BCUT2D eigenvalue weighted by Gasteiger charge is 2.21. The summed E-state index contributed by atoms with van der Waals surface area (Å²) in [6.45, 7) is 1.64. The second-order valence-corrected chi connectivity index (χ2v) is 7.16. The number of rotatable bonds is 3. The van der Waals surface area contributed by atoms with Gasteiger partial charge in [-0.05, 0) is 30.7 Å². The highest BCUT2D eigenvalue weighted by Crippen LogP contribution is 2.25. The molecule has 1 fully saturated rings. The summed E-state index contributed by atoms with van der Waals surface area (Å²) in [7, 11) is -2.84. The lowest BCUT2D eigenvalue weighted by Gasteiger charge is -2.29. The van der Waals surface area contributed by atoms with Gasteiger partial charge >= 0.3 is 0 Å². The molecule has 4 nitrogen and oxygen atoms in total. The van der Waals surface area contributed by atoms with E-state index in [9.17, 15) is 8.42 Å². The van der Waals surface area contributed by atoms with E-state index in [1.165, 1.54) is 0 Å². The maximum absolute atomic E-state index is 11.4. The lowest BCUT2D eigenvalue weighted by molar-refractivity contribution is 0.587. The molecule has 0 radical (unpaired) electrons. The summed E-state index contributed by atoms with van der Waals surface area (Å²) in [5, 5.41) is 0.700. The van der Waals surface area contributed by atoms with Crippen molar-refractivity contribution in [2.24, 2.45) is 5.73 Å². The summed E-state index contributed by atoms with van der Waals surface area (Å²) < 4.78 is 22.7. The van der Waals surface area contributed by atoms with E-state index in [-0.39, 0.29) is 11.5 Å². The van der Waals surface area contributed by atoms with Crippen molar-refractivity contribution in [1.82, 2.24) is 0 Å². The van der Waals surface area contributed by atoms with Crippen LogP contribution in [-0.4, -0.2) is 39.6 Å². The number of nitrogens with zero attached hydrogens (tertiary/aromatic N) is 1. The molecule has 0 spiro atoms. The number of hydrogen-bond donors (Lipinski definition) is 1. The number of hydrogen-bond acceptors (Lipinski definition) is 4. The number of sulfone groups is 1. The van der Waals surface area contributed by atoms with Crippen LogP contribution in [0.25, 0.3) is 0 Å². The first-order valence-corrected chi connectivity index (χ1v) is 8.15. The minimum atomic E-state index is -2.84. The molecule has 0 aromatic heterocycles. The minimum absolute atomic E-state index is 0.217. The van der Waals surface area contributed by atoms with Crippen LogP contribution in [0.4, 0.5) is 5.69 Å². The lowest BCUT2D eigenvalue weighted by Crippen LogP contribution is -2.40. The first-order valence-electron chi connectivity index (χ1n) is 5.96. The van der Waals surface area contributed by atoms with Gasteiger partial charge in [0, 0.05) is 23.8 Å². The van der Waals surface area contributed by atoms with Gasteiger partial charge in [-0.1, -0.05) is 17.7 Å². The van der Waals surface area contributed by atoms with Gasteiger partial charge in [0.25, 0.3) is 0 Å². The topological polar surface area (TPSA) is 63.4 Å². The van der Waals surface area contributed by atoms with Crippen LogP contribution in [0.1, 0.15) is 5.56 Å². The number of benzene rings is 1. The molecule has 0 bridgehead atoms.